The summed E-state index contributed by atoms with van der Waals surface area (Å²) >= 11 is 0. The smallest absolute Gasteiger partial charge is 0.339 e. The van der Waals surface area contributed by atoms with Crippen molar-refractivity contribution >= 4 is 17.7 Å². The van der Waals surface area contributed by atoms with Crippen molar-refractivity contribution in [2.75, 3.05) is 11.9 Å². The van der Waals surface area contributed by atoms with E-state index in [-0.39, 0.29) is 18.4 Å². The molecule has 0 radical (unpaired) electrons. The molecule has 98 valence electrons. The third-order valence-corrected chi connectivity index (χ3v) is 2.18. The molecule has 0 aliphatic carbocycles. The van der Waals surface area contributed by atoms with E-state index in [1.807, 2.05) is 6.92 Å². The first-order valence-electron chi connectivity index (χ1n) is 5.71. The van der Waals surface area contributed by atoms with E-state index < -0.39 is 5.97 Å². The molecule has 1 heterocycles. The average molecular weight is 251 g/mol. The minimum absolute atomic E-state index is 0.108. The van der Waals surface area contributed by atoms with Crippen molar-refractivity contribution in [1.29, 1.82) is 0 Å². The largest absolute Gasteiger partial charge is 0.462 e. The standard InChI is InChI=1S/C12H17N3O3/c1-3-18-12(17)9-4-5-11(14-7-9)15-8(2)6-10(13)16/h4-5,7-8H,3,6H2,1-2H3,(H2,13,16)(H,14,15). The fourth-order valence-corrected chi connectivity index (χ4v) is 1.42. The van der Waals surface area contributed by atoms with Gasteiger partial charge in [-0.3, -0.25) is 4.79 Å². The van der Waals surface area contributed by atoms with Crippen LogP contribution in [0.4, 0.5) is 5.82 Å². The second kappa shape index (κ2) is 6.58. The number of nitrogens with two attached hydrogens (primary N) is 1. The Balaban J connectivity index is 2.60. The van der Waals surface area contributed by atoms with Crippen LogP contribution in [-0.4, -0.2) is 29.5 Å². The molecule has 18 heavy (non-hydrogen) atoms. The second-order valence-electron chi connectivity index (χ2n) is 3.87. The first kappa shape index (κ1) is 14.0. The summed E-state index contributed by atoms with van der Waals surface area (Å²) in [7, 11) is 0. The monoisotopic (exact) mass is 251 g/mol. The number of aromatic nitrogens is 1. The number of nitrogens with one attached hydrogen (secondary N) is 1. The van der Waals surface area contributed by atoms with Crippen molar-refractivity contribution in [2.45, 2.75) is 26.3 Å². The zero-order valence-electron chi connectivity index (χ0n) is 10.5. The van der Waals surface area contributed by atoms with Crippen LogP contribution >= 0.6 is 0 Å². The predicted octanol–water partition coefficient (Wildman–Crippen LogP) is 0.934. The first-order chi connectivity index (χ1) is 8.52. The van der Waals surface area contributed by atoms with Crippen molar-refractivity contribution < 1.29 is 14.3 Å². The summed E-state index contributed by atoms with van der Waals surface area (Å²) in [5.74, 6) is -0.198. The number of amides is 1. The van der Waals surface area contributed by atoms with E-state index in [0.717, 1.165) is 0 Å². The van der Waals surface area contributed by atoms with Gasteiger partial charge in [0.1, 0.15) is 5.82 Å². The summed E-state index contributed by atoms with van der Waals surface area (Å²) in [6.45, 7) is 3.90. The van der Waals surface area contributed by atoms with Crippen LogP contribution in [0.5, 0.6) is 0 Å². The number of rotatable bonds is 6. The lowest BCUT2D eigenvalue weighted by Gasteiger charge is -2.12. The van der Waals surface area contributed by atoms with Crippen LogP contribution in [0.1, 0.15) is 30.6 Å². The Kier molecular flexibility index (Phi) is 5.10. The number of hydrogen-bond acceptors (Lipinski definition) is 5. The van der Waals surface area contributed by atoms with Crippen LogP contribution in [0.3, 0.4) is 0 Å². The molecule has 1 atom stereocenters. The zero-order chi connectivity index (χ0) is 13.5. The highest BCUT2D eigenvalue weighted by Crippen LogP contribution is 2.08. The zero-order valence-corrected chi connectivity index (χ0v) is 10.5. The molecule has 1 rings (SSSR count). The molecule has 0 aromatic carbocycles. The van der Waals surface area contributed by atoms with Crippen molar-refractivity contribution in [3.05, 3.63) is 23.9 Å². The van der Waals surface area contributed by atoms with Crippen molar-refractivity contribution in [3.63, 3.8) is 0 Å². The van der Waals surface area contributed by atoms with Gasteiger partial charge < -0.3 is 15.8 Å². The number of anilines is 1. The van der Waals surface area contributed by atoms with Crippen molar-refractivity contribution in [1.82, 2.24) is 4.98 Å². The maximum atomic E-state index is 11.4. The van der Waals surface area contributed by atoms with Crippen LogP contribution in [0, 0.1) is 0 Å². The molecular weight excluding hydrogens is 234 g/mol. The van der Waals surface area contributed by atoms with Gasteiger partial charge in [-0.1, -0.05) is 0 Å². The lowest BCUT2D eigenvalue weighted by atomic mass is 10.2. The third-order valence-electron chi connectivity index (χ3n) is 2.18. The van der Waals surface area contributed by atoms with Crippen LogP contribution < -0.4 is 11.1 Å². The van der Waals surface area contributed by atoms with Gasteiger partial charge in [0.25, 0.3) is 0 Å². The summed E-state index contributed by atoms with van der Waals surface area (Å²) in [4.78, 5) is 26.2. The molecular formula is C12H17N3O3. The van der Waals surface area contributed by atoms with Crippen LogP contribution in [-0.2, 0) is 9.53 Å². The number of pyridine rings is 1. The van der Waals surface area contributed by atoms with E-state index in [1.165, 1.54) is 6.20 Å². The van der Waals surface area contributed by atoms with Crippen LogP contribution in [0.25, 0.3) is 0 Å². The fraction of sp³-hybridized carbons (Fsp3) is 0.417. The molecule has 0 bridgehead atoms. The minimum Gasteiger partial charge on any atom is -0.462 e. The van der Waals surface area contributed by atoms with Gasteiger partial charge in [0, 0.05) is 18.7 Å². The molecule has 1 amide bonds. The lowest BCUT2D eigenvalue weighted by molar-refractivity contribution is -0.118. The van der Waals surface area contributed by atoms with Crippen molar-refractivity contribution in [2.24, 2.45) is 5.73 Å². The molecule has 1 aromatic rings. The number of hydrogen-bond donors (Lipinski definition) is 2. The van der Waals surface area contributed by atoms with E-state index in [9.17, 15) is 9.59 Å². The molecule has 1 aromatic heterocycles. The topological polar surface area (TPSA) is 94.3 Å². The van der Waals surface area contributed by atoms with Crippen molar-refractivity contribution in [3.8, 4) is 0 Å². The summed E-state index contributed by atoms with van der Waals surface area (Å²) < 4.78 is 4.84. The van der Waals surface area contributed by atoms with Gasteiger partial charge >= 0.3 is 5.97 Å². The SMILES string of the molecule is CCOC(=O)c1ccc(NC(C)CC(N)=O)nc1. The van der Waals surface area contributed by atoms with Crippen LogP contribution in [0.15, 0.2) is 18.3 Å². The molecule has 0 saturated carbocycles. The Bertz CT molecular complexity index is 417. The number of nitrogens with zero attached hydrogens (tertiary/aromatic N) is 1. The van der Waals surface area contributed by atoms with Gasteiger partial charge in [0.05, 0.1) is 12.2 Å². The maximum Gasteiger partial charge on any atom is 0.339 e. The Hall–Kier alpha value is -2.11. The summed E-state index contributed by atoms with van der Waals surface area (Å²) in [6, 6.07) is 3.16. The predicted molar refractivity (Wildman–Crippen MR) is 67.1 cm³/mol. The fourth-order valence-electron chi connectivity index (χ4n) is 1.42. The average Bonchev–Trinajstić information content (AvgIpc) is 2.29. The second-order valence-corrected chi connectivity index (χ2v) is 3.87. The van der Waals surface area contributed by atoms with E-state index in [0.29, 0.717) is 18.0 Å². The highest BCUT2D eigenvalue weighted by atomic mass is 16.5. The normalized spacial score (nSPS) is 11.7. The minimum atomic E-state index is -0.401. The molecule has 0 saturated heterocycles. The van der Waals surface area contributed by atoms with Gasteiger partial charge in [-0.2, -0.15) is 0 Å². The molecule has 1 unspecified atom stereocenters. The van der Waals surface area contributed by atoms with Gasteiger partial charge in [0.2, 0.25) is 5.91 Å². The molecule has 0 aliphatic heterocycles. The molecule has 3 N–H and O–H groups in total. The van der Waals surface area contributed by atoms with Gasteiger partial charge in [-0.15, -0.1) is 0 Å². The summed E-state index contributed by atoms with van der Waals surface area (Å²) in [5.41, 5.74) is 5.48. The van der Waals surface area contributed by atoms with Gasteiger partial charge in [-0.25, -0.2) is 9.78 Å². The van der Waals surface area contributed by atoms with E-state index in [4.69, 9.17) is 10.5 Å². The summed E-state index contributed by atoms with van der Waals surface area (Å²) in [6.07, 6.45) is 1.65. The highest BCUT2D eigenvalue weighted by molar-refractivity contribution is 5.89. The highest BCUT2D eigenvalue weighted by Gasteiger charge is 2.09. The quantitative estimate of drug-likeness (QED) is 0.733. The number of carbonyl (C=O) groups is 2. The number of primary amides is 1. The van der Waals surface area contributed by atoms with Gasteiger partial charge in [-0.05, 0) is 26.0 Å². The van der Waals surface area contributed by atoms with Gasteiger partial charge in [0.15, 0.2) is 0 Å². The van der Waals surface area contributed by atoms with E-state index in [1.54, 1.807) is 19.1 Å². The van der Waals surface area contributed by atoms with E-state index >= 15 is 0 Å². The molecule has 0 aliphatic rings. The van der Waals surface area contributed by atoms with E-state index in [2.05, 4.69) is 10.3 Å². The third kappa shape index (κ3) is 4.40. The molecule has 6 heteroatoms. The first-order valence-corrected chi connectivity index (χ1v) is 5.71. The Labute approximate surface area is 106 Å². The number of carbonyl (C=O) groups excluding carboxylic acids is 2. The Morgan fingerprint density at radius 2 is 2.22 bits per heavy atom. The number of esters is 1. The maximum absolute atomic E-state index is 11.4. The molecule has 6 nitrogen and oxygen atoms in total. The molecule has 0 spiro atoms. The lowest BCUT2D eigenvalue weighted by Crippen LogP contribution is -2.24. The Morgan fingerprint density at radius 1 is 1.50 bits per heavy atom. The molecule has 0 fully saturated rings. The van der Waals surface area contributed by atoms with Crippen LogP contribution in [0.2, 0.25) is 0 Å². The number of ether oxygens (including phenoxy) is 1. The Morgan fingerprint density at radius 3 is 2.72 bits per heavy atom. The summed E-state index contributed by atoms with van der Waals surface area (Å²) in [5, 5.41) is 3.01.